The molecule has 0 saturated heterocycles. The highest BCUT2D eigenvalue weighted by atomic mass is 19.4. The number of hydrogen-bond acceptors (Lipinski definition) is 3. The van der Waals surface area contributed by atoms with Crippen LogP contribution in [0.25, 0.3) is 0 Å². The maximum absolute atomic E-state index is 13.2. The van der Waals surface area contributed by atoms with Gasteiger partial charge in [-0.25, -0.2) is 0 Å². The van der Waals surface area contributed by atoms with Gasteiger partial charge in [0.2, 0.25) is 5.91 Å². The zero-order valence-corrected chi connectivity index (χ0v) is 19.8. The SMILES string of the molecule is Cc1nn(Cc2cccc(C(F)(F)F)c2)c(C)c1NC(=O)C(C)Cn1nc(C(F)(F)F)cc1C1CC1. The molecule has 1 aromatic carbocycles. The molecular formula is C24H25F6N5O. The van der Waals surface area contributed by atoms with Crippen LogP contribution in [0.2, 0.25) is 0 Å². The summed E-state index contributed by atoms with van der Waals surface area (Å²) in [4.78, 5) is 12.9. The number of nitrogens with zero attached hydrogens (tertiary/aromatic N) is 4. The summed E-state index contributed by atoms with van der Waals surface area (Å²) in [6.45, 7) is 4.98. The highest BCUT2D eigenvalue weighted by Crippen LogP contribution is 2.42. The molecule has 1 atom stereocenters. The number of rotatable bonds is 7. The number of aromatic nitrogens is 4. The maximum atomic E-state index is 13.2. The van der Waals surface area contributed by atoms with Gasteiger partial charge in [-0.3, -0.25) is 14.2 Å². The molecule has 1 aliphatic rings. The Kier molecular flexibility index (Phi) is 6.65. The van der Waals surface area contributed by atoms with E-state index in [4.69, 9.17) is 0 Å². The van der Waals surface area contributed by atoms with Gasteiger partial charge < -0.3 is 5.32 Å². The second kappa shape index (κ2) is 9.29. The van der Waals surface area contributed by atoms with E-state index in [9.17, 15) is 31.1 Å². The summed E-state index contributed by atoms with van der Waals surface area (Å²) in [5, 5.41) is 10.8. The molecule has 12 heteroatoms. The van der Waals surface area contributed by atoms with Crippen molar-refractivity contribution in [1.29, 1.82) is 0 Å². The molecule has 2 aromatic heterocycles. The van der Waals surface area contributed by atoms with Gasteiger partial charge in [-0.15, -0.1) is 0 Å². The molecule has 0 bridgehead atoms. The van der Waals surface area contributed by atoms with Crippen molar-refractivity contribution >= 4 is 11.6 Å². The van der Waals surface area contributed by atoms with E-state index in [1.54, 1.807) is 26.8 Å². The van der Waals surface area contributed by atoms with Crippen molar-refractivity contribution in [1.82, 2.24) is 19.6 Å². The number of nitrogens with one attached hydrogen (secondary N) is 1. The van der Waals surface area contributed by atoms with Crippen LogP contribution in [0.15, 0.2) is 30.3 Å². The van der Waals surface area contributed by atoms with Crippen molar-refractivity contribution in [2.24, 2.45) is 5.92 Å². The van der Waals surface area contributed by atoms with Crippen molar-refractivity contribution in [2.45, 2.75) is 65.0 Å². The third-order valence-electron chi connectivity index (χ3n) is 6.21. The van der Waals surface area contributed by atoms with Crippen molar-refractivity contribution in [2.75, 3.05) is 5.32 Å². The Morgan fingerprint density at radius 1 is 1.06 bits per heavy atom. The molecule has 36 heavy (non-hydrogen) atoms. The lowest BCUT2D eigenvalue weighted by atomic mass is 10.1. The monoisotopic (exact) mass is 513 g/mol. The second-order valence-corrected chi connectivity index (χ2v) is 9.20. The highest BCUT2D eigenvalue weighted by molar-refractivity contribution is 5.93. The minimum absolute atomic E-state index is 0.0161. The first kappa shape index (κ1) is 25.8. The van der Waals surface area contributed by atoms with Crippen LogP contribution in [0, 0.1) is 19.8 Å². The third-order valence-corrected chi connectivity index (χ3v) is 6.21. The van der Waals surface area contributed by atoms with Crippen LogP contribution in [0.4, 0.5) is 32.0 Å². The van der Waals surface area contributed by atoms with E-state index in [0.717, 1.165) is 31.0 Å². The summed E-state index contributed by atoms with van der Waals surface area (Å²) < 4.78 is 81.3. The standard InChI is InChI=1S/C24H25F6N5O/c1-13(11-35-19(17-7-8-17)10-20(33-35)24(28,29)30)22(36)31-21-14(2)32-34(15(21)3)12-16-5-4-6-18(9-16)23(25,26)27/h4-6,9-10,13,17H,7-8,11-12H2,1-3H3,(H,31,36). The van der Waals surface area contributed by atoms with Gasteiger partial charge in [-0.2, -0.15) is 36.5 Å². The van der Waals surface area contributed by atoms with Crippen molar-refractivity contribution in [3.05, 3.63) is 64.2 Å². The third kappa shape index (κ3) is 5.57. The van der Waals surface area contributed by atoms with Crippen LogP contribution >= 0.6 is 0 Å². The van der Waals surface area contributed by atoms with E-state index < -0.39 is 35.4 Å². The quantitative estimate of drug-likeness (QED) is 0.398. The van der Waals surface area contributed by atoms with Gasteiger partial charge in [-0.1, -0.05) is 19.1 Å². The summed E-state index contributed by atoms with van der Waals surface area (Å²) >= 11 is 0. The van der Waals surface area contributed by atoms with Gasteiger partial charge >= 0.3 is 12.4 Å². The van der Waals surface area contributed by atoms with Crippen molar-refractivity contribution < 1.29 is 31.1 Å². The first-order valence-electron chi connectivity index (χ1n) is 11.4. The van der Waals surface area contributed by atoms with Crippen molar-refractivity contribution in [3.63, 3.8) is 0 Å². The molecular weight excluding hydrogens is 488 g/mol. The zero-order valence-electron chi connectivity index (χ0n) is 19.8. The summed E-state index contributed by atoms with van der Waals surface area (Å²) in [5.41, 5.74) is 0.565. The summed E-state index contributed by atoms with van der Waals surface area (Å²) in [5.74, 6) is -1.11. The van der Waals surface area contributed by atoms with E-state index in [2.05, 4.69) is 15.5 Å². The molecule has 194 valence electrons. The van der Waals surface area contributed by atoms with Gasteiger partial charge in [0.15, 0.2) is 5.69 Å². The van der Waals surface area contributed by atoms with E-state index in [-0.39, 0.29) is 19.0 Å². The fraction of sp³-hybridized carbons (Fsp3) is 0.458. The summed E-state index contributed by atoms with van der Waals surface area (Å²) in [7, 11) is 0. The van der Waals surface area contributed by atoms with Gasteiger partial charge in [0, 0.05) is 11.6 Å². The fourth-order valence-electron chi connectivity index (χ4n) is 4.06. The zero-order chi connectivity index (χ0) is 26.4. The number of alkyl halides is 6. The maximum Gasteiger partial charge on any atom is 0.435 e. The largest absolute Gasteiger partial charge is 0.435 e. The Morgan fingerprint density at radius 3 is 2.36 bits per heavy atom. The van der Waals surface area contributed by atoms with E-state index in [1.165, 1.54) is 15.4 Å². The van der Waals surface area contributed by atoms with Crippen LogP contribution in [0.3, 0.4) is 0 Å². The Labute approximate surface area is 203 Å². The van der Waals surface area contributed by atoms with E-state index in [1.807, 2.05) is 0 Å². The Bertz CT molecular complexity index is 1270. The molecule has 1 N–H and O–H groups in total. The molecule has 2 heterocycles. The molecule has 1 fully saturated rings. The normalized spacial score (nSPS) is 15.2. The molecule has 4 rings (SSSR count). The lowest BCUT2D eigenvalue weighted by Gasteiger charge is -2.15. The number of hydrogen-bond donors (Lipinski definition) is 1. The first-order valence-corrected chi connectivity index (χ1v) is 11.4. The number of benzene rings is 1. The van der Waals surface area contributed by atoms with Crippen LogP contribution in [0.5, 0.6) is 0 Å². The number of carbonyl (C=O) groups excluding carboxylic acids is 1. The number of aryl methyl sites for hydroxylation is 1. The van der Waals surface area contributed by atoms with Crippen LogP contribution in [-0.4, -0.2) is 25.5 Å². The number of amides is 1. The molecule has 1 aliphatic carbocycles. The summed E-state index contributed by atoms with van der Waals surface area (Å²) in [6.07, 6.45) is -7.46. The van der Waals surface area contributed by atoms with Crippen molar-refractivity contribution in [3.8, 4) is 0 Å². The fourth-order valence-corrected chi connectivity index (χ4v) is 4.06. The topological polar surface area (TPSA) is 64.7 Å². The molecule has 3 aromatic rings. The summed E-state index contributed by atoms with van der Waals surface area (Å²) in [6, 6.07) is 5.97. The number of halogens is 6. The van der Waals surface area contributed by atoms with Gasteiger partial charge in [0.25, 0.3) is 0 Å². The van der Waals surface area contributed by atoms with E-state index >= 15 is 0 Å². The minimum atomic E-state index is -4.57. The average molecular weight is 513 g/mol. The Morgan fingerprint density at radius 2 is 1.75 bits per heavy atom. The minimum Gasteiger partial charge on any atom is -0.323 e. The van der Waals surface area contributed by atoms with Crippen LogP contribution in [-0.2, 0) is 30.2 Å². The van der Waals surface area contributed by atoms with E-state index in [0.29, 0.717) is 28.3 Å². The number of carbonyl (C=O) groups is 1. The predicted molar refractivity (Wildman–Crippen MR) is 119 cm³/mol. The Balaban J connectivity index is 1.48. The molecule has 1 amide bonds. The lowest BCUT2D eigenvalue weighted by Crippen LogP contribution is -2.26. The first-order chi connectivity index (χ1) is 16.7. The van der Waals surface area contributed by atoms with Gasteiger partial charge in [-0.05, 0) is 50.5 Å². The smallest absolute Gasteiger partial charge is 0.323 e. The van der Waals surface area contributed by atoms with Crippen LogP contribution in [0.1, 0.15) is 59.6 Å². The van der Waals surface area contributed by atoms with Crippen LogP contribution < -0.4 is 5.32 Å². The second-order valence-electron chi connectivity index (χ2n) is 9.20. The molecule has 0 spiro atoms. The molecule has 6 nitrogen and oxygen atoms in total. The molecule has 1 saturated carbocycles. The molecule has 1 unspecified atom stereocenters. The van der Waals surface area contributed by atoms with Gasteiger partial charge in [0.05, 0.1) is 41.6 Å². The van der Waals surface area contributed by atoms with Gasteiger partial charge in [0.1, 0.15) is 0 Å². The average Bonchev–Trinajstić information content (AvgIpc) is 3.48. The lowest BCUT2D eigenvalue weighted by molar-refractivity contribution is -0.141. The molecule has 0 radical (unpaired) electrons. The predicted octanol–water partition coefficient (Wildman–Crippen LogP) is 5.93. The Hall–Kier alpha value is -3.31. The molecule has 0 aliphatic heterocycles. The highest BCUT2D eigenvalue weighted by Gasteiger charge is 2.38. The number of anilines is 1.